The molecule has 0 saturated heterocycles. The van der Waals surface area contributed by atoms with Gasteiger partial charge in [0.15, 0.2) is 5.78 Å². The van der Waals surface area contributed by atoms with Crippen molar-refractivity contribution in [1.82, 2.24) is 0 Å². The van der Waals surface area contributed by atoms with Crippen LogP contribution in [0.5, 0.6) is 0 Å². The van der Waals surface area contributed by atoms with Crippen LogP contribution < -0.4 is 4.90 Å². The highest BCUT2D eigenvalue weighted by atomic mass is 19.4. The van der Waals surface area contributed by atoms with Gasteiger partial charge < -0.3 is 4.90 Å². The minimum Gasteiger partial charge on any atom is -0.307 e. The van der Waals surface area contributed by atoms with Crippen molar-refractivity contribution in [3.63, 3.8) is 0 Å². The number of hydrogen-bond acceptors (Lipinski definition) is 2. The van der Waals surface area contributed by atoms with Crippen LogP contribution in [0.25, 0.3) is 0 Å². The van der Waals surface area contributed by atoms with E-state index in [1.54, 1.807) is 24.3 Å². The second kappa shape index (κ2) is 6.11. The molecular weight excluding hydrogens is 319 g/mol. The molecule has 1 amide bonds. The number of hydrogen-bond donors (Lipinski definition) is 0. The third kappa shape index (κ3) is 3.18. The molecule has 3 rings (SSSR count). The summed E-state index contributed by atoms with van der Waals surface area (Å²) in [4.78, 5) is 25.9. The number of ketones is 1. The first kappa shape index (κ1) is 16.2. The van der Waals surface area contributed by atoms with Crippen molar-refractivity contribution in [3.05, 3.63) is 65.2 Å². The SMILES string of the molecule is O=C1CCC(=O)N(Cc2ccc(C(F)(F)F)cc2)c2ccccc21. The summed E-state index contributed by atoms with van der Waals surface area (Å²) in [5.74, 6) is -0.318. The molecule has 24 heavy (non-hydrogen) atoms. The van der Waals surface area contributed by atoms with Crippen molar-refractivity contribution in [1.29, 1.82) is 0 Å². The van der Waals surface area contributed by atoms with Crippen LogP contribution in [-0.2, 0) is 17.5 Å². The van der Waals surface area contributed by atoms with E-state index in [0.29, 0.717) is 16.8 Å². The molecule has 0 N–H and O–H groups in total. The van der Waals surface area contributed by atoms with E-state index < -0.39 is 11.7 Å². The van der Waals surface area contributed by atoms with Crippen LogP contribution in [0.3, 0.4) is 0 Å². The summed E-state index contributed by atoms with van der Waals surface area (Å²) in [6.07, 6.45) is -4.16. The fourth-order valence-corrected chi connectivity index (χ4v) is 2.72. The molecule has 0 fully saturated rings. The number of alkyl halides is 3. The zero-order chi connectivity index (χ0) is 17.3. The number of anilines is 1. The maximum atomic E-state index is 12.6. The average molecular weight is 333 g/mol. The summed E-state index contributed by atoms with van der Waals surface area (Å²) in [5.41, 5.74) is 0.810. The zero-order valence-electron chi connectivity index (χ0n) is 12.6. The van der Waals surface area contributed by atoms with E-state index >= 15 is 0 Å². The summed E-state index contributed by atoms with van der Waals surface area (Å²) in [5, 5.41) is 0. The molecule has 0 saturated carbocycles. The Hall–Kier alpha value is -2.63. The van der Waals surface area contributed by atoms with Crippen LogP contribution in [0.2, 0.25) is 0 Å². The van der Waals surface area contributed by atoms with Crippen LogP contribution in [0, 0.1) is 0 Å². The van der Waals surface area contributed by atoms with E-state index in [0.717, 1.165) is 12.1 Å². The van der Waals surface area contributed by atoms with Gasteiger partial charge >= 0.3 is 6.18 Å². The molecule has 0 atom stereocenters. The van der Waals surface area contributed by atoms with Crippen LogP contribution in [0.15, 0.2) is 48.5 Å². The number of fused-ring (bicyclic) bond motifs is 1. The second-order valence-corrected chi connectivity index (χ2v) is 5.61. The van der Waals surface area contributed by atoms with Gasteiger partial charge in [0.1, 0.15) is 0 Å². The summed E-state index contributed by atoms with van der Waals surface area (Å²) in [6.45, 7) is 0.126. The molecule has 1 heterocycles. The molecular formula is C18H14F3NO2. The second-order valence-electron chi connectivity index (χ2n) is 5.61. The van der Waals surface area contributed by atoms with Crippen LogP contribution >= 0.6 is 0 Å². The molecule has 2 aromatic rings. The predicted octanol–water partition coefficient (Wildman–Crippen LogP) is 4.22. The van der Waals surface area contributed by atoms with Crippen LogP contribution in [-0.4, -0.2) is 11.7 Å². The fraction of sp³-hybridized carbons (Fsp3) is 0.222. The lowest BCUT2D eigenvalue weighted by atomic mass is 10.1. The minimum atomic E-state index is -4.39. The number of rotatable bonds is 2. The normalized spacial score (nSPS) is 15.2. The Labute approximate surface area is 136 Å². The molecule has 1 aliphatic rings. The monoisotopic (exact) mass is 333 g/mol. The van der Waals surface area contributed by atoms with E-state index in [2.05, 4.69) is 0 Å². The van der Waals surface area contributed by atoms with Crippen molar-refractivity contribution in [3.8, 4) is 0 Å². The van der Waals surface area contributed by atoms with E-state index in [9.17, 15) is 22.8 Å². The standard InChI is InChI=1S/C18H14F3NO2/c19-18(20,21)13-7-5-12(6-8-13)11-22-15-4-2-1-3-14(15)16(23)9-10-17(22)24/h1-8H,9-11H2. The minimum absolute atomic E-state index is 0.0914. The third-order valence-corrected chi connectivity index (χ3v) is 3.98. The van der Waals surface area contributed by atoms with E-state index in [-0.39, 0.29) is 31.1 Å². The molecule has 0 radical (unpaired) electrons. The lowest BCUT2D eigenvalue weighted by Crippen LogP contribution is -2.29. The summed E-state index contributed by atoms with van der Waals surface area (Å²) in [7, 11) is 0. The molecule has 0 aliphatic carbocycles. The summed E-state index contributed by atoms with van der Waals surface area (Å²) < 4.78 is 37.9. The van der Waals surface area contributed by atoms with Crippen molar-refractivity contribution < 1.29 is 22.8 Å². The molecule has 0 aromatic heterocycles. The Bertz CT molecular complexity index is 782. The number of carbonyl (C=O) groups excluding carboxylic acids is 2. The average Bonchev–Trinajstić information content (AvgIpc) is 2.67. The largest absolute Gasteiger partial charge is 0.416 e. The van der Waals surface area contributed by atoms with Crippen molar-refractivity contribution in [2.24, 2.45) is 0 Å². The van der Waals surface area contributed by atoms with Gasteiger partial charge in [0.25, 0.3) is 0 Å². The maximum Gasteiger partial charge on any atom is 0.416 e. The molecule has 0 bridgehead atoms. The number of nitrogens with zero attached hydrogens (tertiary/aromatic N) is 1. The Morgan fingerprint density at radius 2 is 1.58 bits per heavy atom. The van der Waals surface area contributed by atoms with Gasteiger partial charge in [-0.2, -0.15) is 13.2 Å². The Kier molecular flexibility index (Phi) is 4.13. The number of amides is 1. The topological polar surface area (TPSA) is 37.4 Å². The number of Topliss-reactive ketones (excluding diaryl/α,β-unsaturated/α-hetero) is 1. The number of carbonyl (C=O) groups is 2. The quantitative estimate of drug-likeness (QED) is 0.825. The molecule has 3 nitrogen and oxygen atoms in total. The predicted molar refractivity (Wildman–Crippen MR) is 82.6 cm³/mol. The van der Waals surface area contributed by atoms with Crippen molar-refractivity contribution >= 4 is 17.4 Å². The lowest BCUT2D eigenvalue weighted by molar-refractivity contribution is -0.137. The molecule has 0 spiro atoms. The zero-order valence-corrected chi connectivity index (χ0v) is 12.6. The van der Waals surface area contributed by atoms with E-state index in [4.69, 9.17) is 0 Å². The van der Waals surface area contributed by atoms with Gasteiger partial charge in [0.2, 0.25) is 5.91 Å². The van der Waals surface area contributed by atoms with Crippen molar-refractivity contribution in [2.45, 2.75) is 25.6 Å². The highest BCUT2D eigenvalue weighted by Crippen LogP contribution is 2.31. The first-order valence-electron chi connectivity index (χ1n) is 7.45. The Morgan fingerprint density at radius 1 is 0.917 bits per heavy atom. The lowest BCUT2D eigenvalue weighted by Gasteiger charge is -2.23. The summed E-state index contributed by atoms with van der Waals surface area (Å²) >= 11 is 0. The molecule has 2 aromatic carbocycles. The van der Waals surface area contributed by atoms with Gasteiger partial charge in [-0.05, 0) is 29.8 Å². The smallest absolute Gasteiger partial charge is 0.307 e. The van der Waals surface area contributed by atoms with Gasteiger partial charge in [0, 0.05) is 18.4 Å². The molecule has 1 aliphatic heterocycles. The third-order valence-electron chi connectivity index (χ3n) is 3.98. The van der Waals surface area contributed by atoms with Gasteiger partial charge in [-0.25, -0.2) is 0 Å². The number of halogens is 3. The van der Waals surface area contributed by atoms with Gasteiger partial charge in [-0.15, -0.1) is 0 Å². The first-order valence-corrected chi connectivity index (χ1v) is 7.45. The summed E-state index contributed by atoms with van der Waals surface area (Å²) in [6, 6.07) is 11.5. The van der Waals surface area contributed by atoms with Crippen LogP contribution in [0.4, 0.5) is 18.9 Å². The Balaban J connectivity index is 1.92. The Morgan fingerprint density at radius 3 is 2.25 bits per heavy atom. The van der Waals surface area contributed by atoms with Crippen LogP contribution in [0.1, 0.15) is 34.3 Å². The number of para-hydroxylation sites is 1. The molecule has 0 unspecified atom stereocenters. The highest BCUT2D eigenvalue weighted by Gasteiger charge is 2.30. The number of benzene rings is 2. The van der Waals surface area contributed by atoms with Gasteiger partial charge in [-0.3, -0.25) is 9.59 Å². The van der Waals surface area contributed by atoms with Crippen molar-refractivity contribution in [2.75, 3.05) is 4.90 Å². The molecule has 6 heteroatoms. The first-order chi connectivity index (χ1) is 11.4. The van der Waals surface area contributed by atoms with E-state index in [1.807, 2.05) is 0 Å². The fourth-order valence-electron chi connectivity index (χ4n) is 2.72. The van der Waals surface area contributed by atoms with E-state index in [1.165, 1.54) is 17.0 Å². The molecule has 124 valence electrons. The van der Waals surface area contributed by atoms with Gasteiger partial charge in [0.05, 0.1) is 17.8 Å². The van der Waals surface area contributed by atoms with Gasteiger partial charge in [-0.1, -0.05) is 24.3 Å². The maximum absolute atomic E-state index is 12.6. The highest BCUT2D eigenvalue weighted by molar-refractivity contribution is 6.09.